The Morgan fingerprint density at radius 2 is 1.85 bits per heavy atom. The van der Waals surface area contributed by atoms with Gasteiger partial charge in [-0.1, -0.05) is 42.5 Å². The zero-order valence-electron chi connectivity index (χ0n) is 15.0. The number of halogens is 1. The summed E-state index contributed by atoms with van der Waals surface area (Å²) >= 11 is 3.46. The van der Waals surface area contributed by atoms with Crippen LogP contribution in [0.2, 0.25) is 0 Å². The number of piperidine rings is 1. The molecular formula is C22H21BrN2O2. The van der Waals surface area contributed by atoms with Crippen LogP contribution in [-0.4, -0.2) is 35.0 Å². The van der Waals surface area contributed by atoms with E-state index in [0.717, 1.165) is 41.4 Å². The number of hydrogen-bond donors (Lipinski definition) is 0. The van der Waals surface area contributed by atoms with Gasteiger partial charge in [-0.05, 0) is 44.4 Å². The van der Waals surface area contributed by atoms with Gasteiger partial charge in [-0.15, -0.1) is 0 Å². The number of aromatic nitrogens is 1. The van der Waals surface area contributed by atoms with Crippen LogP contribution in [0.5, 0.6) is 5.88 Å². The lowest BCUT2D eigenvalue weighted by atomic mass is 10.0. The van der Waals surface area contributed by atoms with E-state index in [1.165, 1.54) is 5.39 Å². The van der Waals surface area contributed by atoms with Crippen molar-refractivity contribution in [2.75, 3.05) is 13.1 Å². The van der Waals surface area contributed by atoms with Crippen molar-refractivity contribution < 1.29 is 9.53 Å². The number of hydrogen-bond acceptors (Lipinski definition) is 3. The molecule has 0 radical (unpaired) electrons. The van der Waals surface area contributed by atoms with Gasteiger partial charge in [-0.2, -0.15) is 0 Å². The highest BCUT2D eigenvalue weighted by molar-refractivity contribution is 9.10. The minimum atomic E-state index is 0.0952. The number of carbonyl (C=O) groups is 1. The zero-order valence-corrected chi connectivity index (χ0v) is 16.6. The fraction of sp³-hybridized carbons (Fsp3) is 0.273. The molecule has 1 saturated heterocycles. The normalized spacial score (nSPS) is 15.1. The molecule has 1 aliphatic rings. The molecule has 0 atom stereocenters. The monoisotopic (exact) mass is 424 g/mol. The van der Waals surface area contributed by atoms with Crippen molar-refractivity contribution in [2.24, 2.45) is 0 Å². The minimum absolute atomic E-state index is 0.0952. The van der Waals surface area contributed by atoms with E-state index in [0.29, 0.717) is 12.3 Å². The van der Waals surface area contributed by atoms with Crippen LogP contribution in [0.4, 0.5) is 0 Å². The van der Waals surface area contributed by atoms with Gasteiger partial charge in [-0.3, -0.25) is 4.79 Å². The summed E-state index contributed by atoms with van der Waals surface area (Å²) in [6.45, 7) is 1.44. The summed E-state index contributed by atoms with van der Waals surface area (Å²) in [5.41, 5.74) is 1.09. The molecule has 1 fully saturated rings. The molecule has 0 bridgehead atoms. The van der Waals surface area contributed by atoms with Crippen molar-refractivity contribution in [1.29, 1.82) is 0 Å². The van der Waals surface area contributed by atoms with Crippen LogP contribution in [0.1, 0.15) is 18.4 Å². The molecule has 0 spiro atoms. The maximum absolute atomic E-state index is 12.8. The summed E-state index contributed by atoms with van der Waals surface area (Å²) in [7, 11) is 0. The van der Waals surface area contributed by atoms with Gasteiger partial charge in [0.05, 0.1) is 10.9 Å². The van der Waals surface area contributed by atoms with Gasteiger partial charge in [0.1, 0.15) is 6.10 Å². The van der Waals surface area contributed by atoms with Crippen LogP contribution in [0.15, 0.2) is 65.3 Å². The summed E-state index contributed by atoms with van der Waals surface area (Å²) in [4.78, 5) is 19.0. The first-order valence-electron chi connectivity index (χ1n) is 9.22. The number of fused-ring (bicyclic) bond motifs is 1. The maximum atomic E-state index is 12.8. The van der Waals surface area contributed by atoms with E-state index in [4.69, 9.17) is 4.74 Å². The Bertz CT molecular complexity index is 946. The topological polar surface area (TPSA) is 42.4 Å². The molecule has 0 unspecified atom stereocenters. The number of ether oxygens (including phenoxy) is 1. The summed E-state index contributed by atoms with van der Waals surface area (Å²) in [5, 5.41) is 2.34. The summed E-state index contributed by atoms with van der Waals surface area (Å²) in [6, 6.07) is 18.2. The van der Waals surface area contributed by atoms with E-state index in [2.05, 4.69) is 45.2 Å². The second-order valence-corrected chi connectivity index (χ2v) is 7.66. The molecule has 4 nitrogen and oxygen atoms in total. The SMILES string of the molecule is O=C(Cc1cccc2ccccc12)N1CCC(Oc2ncccc2Br)CC1. The molecule has 4 rings (SSSR count). The predicted octanol–water partition coefficient (Wildman–Crippen LogP) is 4.61. The number of rotatable bonds is 4. The Morgan fingerprint density at radius 1 is 1.07 bits per heavy atom. The molecular weight excluding hydrogens is 404 g/mol. The van der Waals surface area contributed by atoms with Crippen molar-refractivity contribution in [3.63, 3.8) is 0 Å². The second-order valence-electron chi connectivity index (χ2n) is 6.80. The van der Waals surface area contributed by atoms with Crippen molar-refractivity contribution in [2.45, 2.75) is 25.4 Å². The summed E-state index contributed by atoms with van der Waals surface area (Å²) in [5.74, 6) is 0.807. The highest BCUT2D eigenvalue weighted by Crippen LogP contribution is 2.25. The van der Waals surface area contributed by atoms with Crippen LogP contribution >= 0.6 is 15.9 Å². The third-order valence-electron chi connectivity index (χ3n) is 5.02. The van der Waals surface area contributed by atoms with E-state index in [1.54, 1.807) is 6.20 Å². The average Bonchev–Trinajstić information content (AvgIpc) is 2.70. The van der Waals surface area contributed by atoms with Crippen molar-refractivity contribution in [3.8, 4) is 5.88 Å². The van der Waals surface area contributed by atoms with Gasteiger partial charge >= 0.3 is 0 Å². The average molecular weight is 425 g/mol. The number of nitrogens with zero attached hydrogens (tertiary/aromatic N) is 2. The quantitative estimate of drug-likeness (QED) is 0.613. The molecule has 2 aromatic carbocycles. The third kappa shape index (κ3) is 4.14. The van der Waals surface area contributed by atoms with Crippen LogP contribution in [-0.2, 0) is 11.2 Å². The van der Waals surface area contributed by atoms with Crippen molar-refractivity contribution in [1.82, 2.24) is 9.88 Å². The number of amides is 1. The molecule has 0 N–H and O–H groups in total. The first-order valence-corrected chi connectivity index (χ1v) is 10.0. The maximum Gasteiger partial charge on any atom is 0.228 e. The molecule has 1 aromatic heterocycles. The Hall–Kier alpha value is -2.40. The Balaban J connectivity index is 1.37. The van der Waals surface area contributed by atoms with E-state index >= 15 is 0 Å². The smallest absolute Gasteiger partial charge is 0.228 e. The summed E-state index contributed by atoms with van der Waals surface area (Å²) < 4.78 is 6.85. The fourth-order valence-electron chi connectivity index (χ4n) is 3.56. The molecule has 138 valence electrons. The lowest BCUT2D eigenvalue weighted by Crippen LogP contribution is -2.42. The van der Waals surface area contributed by atoms with Gasteiger partial charge in [0.2, 0.25) is 11.8 Å². The van der Waals surface area contributed by atoms with Gasteiger partial charge in [0.25, 0.3) is 0 Å². The lowest BCUT2D eigenvalue weighted by molar-refractivity contribution is -0.132. The van der Waals surface area contributed by atoms with Gasteiger partial charge < -0.3 is 9.64 Å². The molecule has 1 amide bonds. The largest absolute Gasteiger partial charge is 0.473 e. The molecule has 1 aliphatic heterocycles. The zero-order chi connectivity index (χ0) is 18.6. The molecule has 0 aliphatic carbocycles. The van der Waals surface area contributed by atoms with E-state index in [9.17, 15) is 4.79 Å². The van der Waals surface area contributed by atoms with Crippen LogP contribution in [0.25, 0.3) is 10.8 Å². The van der Waals surface area contributed by atoms with E-state index in [1.807, 2.05) is 35.2 Å². The molecule has 27 heavy (non-hydrogen) atoms. The van der Waals surface area contributed by atoms with Crippen molar-refractivity contribution >= 4 is 32.6 Å². The number of likely N-dealkylation sites (tertiary alicyclic amines) is 1. The van der Waals surface area contributed by atoms with Gasteiger partial charge in [0, 0.05) is 32.1 Å². The van der Waals surface area contributed by atoms with E-state index < -0.39 is 0 Å². The minimum Gasteiger partial charge on any atom is -0.473 e. The molecule has 3 aromatic rings. The van der Waals surface area contributed by atoms with Crippen LogP contribution in [0, 0.1) is 0 Å². The van der Waals surface area contributed by atoms with Crippen LogP contribution in [0.3, 0.4) is 0 Å². The van der Waals surface area contributed by atoms with Crippen LogP contribution < -0.4 is 4.74 Å². The highest BCUT2D eigenvalue weighted by atomic mass is 79.9. The highest BCUT2D eigenvalue weighted by Gasteiger charge is 2.25. The molecule has 2 heterocycles. The first-order chi connectivity index (χ1) is 13.2. The standard InChI is InChI=1S/C22H21BrN2O2/c23-20-9-4-12-24-22(20)27-18-10-13-25(14-11-18)21(26)15-17-7-3-6-16-5-1-2-8-19(16)17/h1-9,12,18H,10-11,13-15H2. The molecule has 0 saturated carbocycles. The van der Waals surface area contributed by atoms with Gasteiger partial charge in [-0.25, -0.2) is 4.98 Å². The Labute approximate surface area is 167 Å². The second kappa shape index (κ2) is 8.09. The Kier molecular flexibility index (Phi) is 5.39. The van der Waals surface area contributed by atoms with Crippen molar-refractivity contribution in [3.05, 3.63) is 70.8 Å². The lowest BCUT2D eigenvalue weighted by Gasteiger charge is -2.32. The Morgan fingerprint density at radius 3 is 2.67 bits per heavy atom. The first kappa shape index (κ1) is 18.0. The summed E-state index contributed by atoms with van der Waals surface area (Å²) in [6.07, 6.45) is 3.91. The molecule has 5 heteroatoms. The predicted molar refractivity (Wildman–Crippen MR) is 110 cm³/mol. The van der Waals surface area contributed by atoms with E-state index in [-0.39, 0.29) is 12.0 Å². The number of pyridine rings is 1. The number of benzene rings is 2. The fourth-order valence-corrected chi connectivity index (χ4v) is 3.91. The number of carbonyl (C=O) groups excluding carboxylic acids is 1. The van der Waals surface area contributed by atoms with Gasteiger partial charge in [0.15, 0.2) is 0 Å². The third-order valence-corrected chi connectivity index (χ3v) is 5.62.